The van der Waals surface area contributed by atoms with Crippen LogP contribution < -0.4 is 10.6 Å². The van der Waals surface area contributed by atoms with Gasteiger partial charge in [0.1, 0.15) is 0 Å². The molecule has 2 aliphatic heterocycles. The third-order valence-corrected chi connectivity index (χ3v) is 6.65. The van der Waals surface area contributed by atoms with E-state index < -0.39 is 0 Å². The molecule has 0 aliphatic carbocycles. The average Bonchev–Trinajstić information content (AvgIpc) is 2.78. The number of carbonyl (C=O) groups excluding carboxylic acids is 1. The van der Waals surface area contributed by atoms with Gasteiger partial charge in [0.2, 0.25) is 5.91 Å². The number of guanidine groups is 1. The maximum absolute atomic E-state index is 12.6. The minimum atomic E-state index is 0.189. The molecule has 0 aromatic heterocycles. The molecule has 30 heavy (non-hydrogen) atoms. The van der Waals surface area contributed by atoms with Crippen molar-refractivity contribution in [1.29, 1.82) is 0 Å². The number of nitrogens with one attached hydrogen (secondary N) is 2. The Morgan fingerprint density at radius 2 is 1.73 bits per heavy atom. The summed E-state index contributed by atoms with van der Waals surface area (Å²) in [7, 11) is 1.77. The second kappa shape index (κ2) is 13.9. The van der Waals surface area contributed by atoms with Gasteiger partial charge in [0.15, 0.2) is 5.96 Å². The summed E-state index contributed by atoms with van der Waals surface area (Å²) in [6, 6.07) is 0.393. The normalized spacial score (nSPS) is 20.0. The topological polar surface area (TPSA) is 69.2 Å². The Morgan fingerprint density at radius 3 is 2.30 bits per heavy atom. The number of rotatable bonds is 10. The van der Waals surface area contributed by atoms with E-state index in [0.717, 1.165) is 84.1 Å². The van der Waals surface area contributed by atoms with Gasteiger partial charge in [-0.15, -0.1) is 0 Å². The maximum Gasteiger partial charge on any atom is 0.225 e. The summed E-state index contributed by atoms with van der Waals surface area (Å²) >= 11 is 0. The fraction of sp³-hybridized carbons (Fsp3) is 0.913. The number of amides is 1. The van der Waals surface area contributed by atoms with Crippen molar-refractivity contribution in [3.05, 3.63) is 0 Å². The predicted octanol–water partition coefficient (Wildman–Crippen LogP) is 2.33. The lowest BCUT2D eigenvalue weighted by Gasteiger charge is -2.35. The standard InChI is InChI=1S/C23H45N5O2/c1-5-20(6-2)22(29)28-14-10-21(11-15-28)26-23(24-7-3)25-18-19-8-12-27(13-9-19)16-17-30-4/h19-21H,5-18H2,1-4H3,(H2,24,25,26). The molecule has 2 N–H and O–H groups in total. The van der Waals surface area contributed by atoms with Crippen LogP contribution in [0.3, 0.4) is 0 Å². The summed E-state index contributed by atoms with van der Waals surface area (Å²) in [5, 5.41) is 7.03. The first-order chi connectivity index (χ1) is 14.6. The summed E-state index contributed by atoms with van der Waals surface area (Å²) in [5.41, 5.74) is 0. The van der Waals surface area contributed by atoms with Crippen molar-refractivity contribution in [3.63, 3.8) is 0 Å². The Balaban J connectivity index is 1.76. The van der Waals surface area contributed by atoms with Gasteiger partial charge in [-0.05, 0) is 64.5 Å². The number of hydrogen-bond acceptors (Lipinski definition) is 4. The number of nitrogens with zero attached hydrogens (tertiary/aromatic N) is 3. The van der Waals surface area contributed by atoms with Crippen LogP contribution in [-0.2, 0) is 9.53 Å². The molecule has 2 heterocycles. The first kappa shape index (κ1) is 24.9. The quantitative estimate of drug-likeness (QED) is 0.417. The van der Waals surface area contributed by atoms with Crippen molar-refractivity contribution in [2.45, 2.75) is 65.3 Å². The van der Waals surface area contributed by atoms with E-state index in [1.54, 1.807) is 7.11 Å². The van der Waals surface area contributed by atoms with Crippen molar-refractivity contribution in [3.8, 4) is 0 Å². The molecule has 0 unspecified atom stereocenters. The van der Waals surface area contributed by atoms with Crippen LogP contribution in [-0.4, -0.2) is 87.2 Å². The van der Waals surface area contributed by atoms with Crippen molar-refractivity contribution < 1.29 is 9.53 Å². The monoisotopic (exact) mass is 423 g/mol. The van der Waals surface area contributed by atoms with Crippen LogP contribution in [0, 0.1) is 11.8 Å². The zero-order valence-corrected chi connectivity index (χ0v) is 19.8. The minimum absolute atomic E-state index is 0.189. The Morgan fingerprint density at radius 1 is 1.07 bits per heavy atom. The van der Waals surface area contributed by atoms with E-state index in [1.165, 1.54) is 12.8 Å². The predicted molar refractivity (Wildman–Crippen MR) is 124 cm³/mol. The number of likely N-dealkylation sites (tertiary alicyclic amines) is 2. The summed E-state index contributed by atoms with van der Waals surface area (Å²) in [6.45, 7) is 14.0. The molecule has 2 saturated heterocycles. The average molecular weight is 424 g/mol. The van der Waals surface area contributed by atoms with E-state index in [1.807, 2.05) is 0 Å². The second-order valence-corrected chi connectivity index (χ2v) is 8.75. The van der Waals surface area contributed by atoms with Crippen molar-refractivity contribution in [2.24, 2.45) is 16.8 Å². The van der Waals surface area contributed by atoms with Gasteiger partial charge in [0.25, 0.3) is 0 Å². The number of piperidine rings is 2. The molecule has 174 valence electrons. The molecular weight excluding hydrogens is 378 g/mol. The van der Waals surface area contributed by atoms with Crippen LogP contribution in [0.5, 0.6) is 0 Å². The summed E-state index contributed by atoms with van der Waals surface area (Å²) in [5.74, 6) is 2.13. The van der Waals surface area contributed by atoms with E-state index in [0.29, 0.717) is 17.9 Å². The van der Waals surface area contributed by atoms with Crippen LogP contribution in [0.4, 0.5) is 0 Å². The molecule has 7 heteroatoms. The van der Waals surface area contributed by atoms with Gasteiger partial charge in [-0.25, -0.2) is 0 Å². The van der Waals surface area contributed by atoms with E-state index >= 15 is 0 Å². The van der Waals surface area contributed by atoms with Gasteiger partial charge in [0, 0.05) is 51.8 Å². The van der Waals surface area contributed by atoms with Gasteiger partial charge in [-0.3, -0.25) is 9.79 Å². The molecular formula is C23H45N5O2. The van der Waals surface area contributed by atoms with Crippen molar-refractivity contribution in [2.75, 3.05) is 59.5 Å². The fourth-order valence-electron chi connectivity index (χ4n) is 4.49. The molecule has 0 saturated carbocycles. The van der Waals surface area contributed by atoms with Gasteiger partial charge in [0.05, 0.1) is 6.61 Å². The Kier molecular flexibility index (Phi) is 11.5. The zero-order chi connectivity index (χ0) is 21.8. The third kappa shape index (κ3) is 8.06. The molecule has 0 aromatic rings. The Bertz CT molecular complexity index is 508. The van der Waals surface area contributed by atoms with Gasteiger partial charge >= 0.3 is 0 Å². The lowest BCUT2D eigenvalue weighted by atomic mass is 9.97. The van der Waals surface area contributed by atoms with E-state index in [-0.39, 0.29) is 5.92 Å². The Hall–Kier alpha value is -1.34. The summed E-state index contributed by atoms with van der Waals surface area (Å²) < 4.78 is 5.19. The fourth-order valence-corrected chi connectivity index (χ4v) is 4.49. The van der Waals surface area contributed by atoms with E-state index in [9.17, 15) is 4.79 Å². The number of carbonyl (C=O) groups is 1. The lowest BCUT2D eigenvalue weighted by molar-refractivity contribution is -0.136. The molecule has 7 nitrogen and oxygen atoms in total. The first-order valence-corrected chi connectivity index (χ1v) is 12.2. The van der Waals surface area contributed by atoms with Crippen molar-refractivity contribution in [1.82, 2.24) is 20.4 Å². The molecule has 2 fully saturated rings. The highest BCUT2D eigenvalue weighted by atomic mass is 16.5. The van der Waals surface area contributed by atoms with Gasteiger partial charge < -0.3 is 25.2 Å². The van der Waals surface area contributed by atoms with Gasteiger partial charge in [-0.2, -0.15) is 0 Å². The number of aliphatic imine (C=N–C) groups is 1. The van der Waals surface area contributed by atoms with Crippen LogP contribution in [0.2, 0.25) is 0 Å². The highest BCUT2D eigenvalue weighted by Crippen LogP contribution is 2.18. The molecule has 0 radical (unpaired) electrons. The zero-order valence-electron chi connectivity index (χ0n) is 19.8. The maximum atomic E-state index is 12.6. The number of ether oxygens (including phenoxy) is 1. The molecule has 0 spiro atoms. The van der Waals surface area contributed by atoms with Gasteiger partial charge in [-0.1, -0.05) is 13.8 Å². The first-order valence-electron chi connectivity index (χ1n) is 12.2. The highest BCUT2D eigenvalue weighted by Gasteiger charge is 2.27. The van der Waals surface area contributed by atoms with Crippen LogP contribution in [0.25, 0.3) is 0 Å². The van der Waals surface area contributed by atoms with Crippen LogP contribution >= 0.6 is 0 Å². The number of methoxy groups -OCH3 is 1. The summed E-state index contributed by atoms with van der Waals surface area (Å²) in [4.78, 5) is 22.1. The molecule has 2 aliphatic rings. The SMILES string of the molecule is CCNC(=NCC1CCN(CCOC)CC1)NC1CCN(C(=O)C(CC)CC)CC1. The van der Waals surface area contributed by atoms with E-state index in [2.05, 4.69) is 41.2 Å². The third-order valence-electron chi connectivity index (χ3n) is 6.65. The smallest absolute Gasteiger partial charge is 0.225 e. The van der Waals surface area contributed by atoms with Crippen LogP contribution in [0.15, 0.2) is 4.99 Å². The molecule has 2 rings (SSSR count). The number of hydrogen-bond donors (Lipinski definition) is 2. The highest BCUT2D eigenvalue weighted by molar-refractivity contribution is 5.80. The second-order valence-electron chi connectivity index (χ2n) is 8.75. The summed E-state index contributed by atoms with van der Waals surface area (Å²) in [6.07, 6.45) is 6.29. The van der Waals surface area contributed by atoms with E-state index in [4.69, 9.17) is 9.73 Å². The van der Waals surface area contributed by atoms with Crippen molar-refractivity contribution >= 4 is 11.9 Å². The molecule has 0 aromatic carbocycles. The molecule has 1 amide bonds. The largest absolute Gasteiger partial charge is 0.383 e. The molecule has 0 atom stereocenters. The van der Waals surface area contributed by atoms with Crippen LogP contribution in [0.1, 0.15) is 59.3 Å². The lowest BCUT2D eigenvalue weighted by Crippen LogP contribution is -2.50. The minimum Gasteiger partial charge on any atom is -0.383 e. The Labute approximate surface area is 184 Å². The molecule has 0 bridgehead atoms.